The summed E-state index contributed by atoms with van der Waals surface area (Å²) in [5, 5.41) is 5.32. The SMILES string of the molecule is CCCCC(CC)(c1ccc2ccccc2c1)c1ccc2ccccc2c1. The molecule has 0 aliphatic heterocycles. The van der Waals surface area contributed by atoms with Crippen LogP contribution in [0.1, 0.15) is 50.7 Å². The van der Waals surface area contributed by atoms with E-state index < -0.39 is 0 Å². The minimum atomic E-state index is 0.0735. The highest BCUT2D eigenvalue weighted by Crippen LogP contribution is 2.42. The molecule has 0 radical (unpaired) electrons. The number of fused-ring (bicyclic) bond motifs is 2. The third-order valence-corrected chi connectivity index (χ3v) is 6.16. The van der Waals surface area contributed by atoms with Gasteiger partial charge in [0, 0.05) is 5.41 Å². The molecule has 4 aromatic carbocycles. The van der Waals surface area contributed by atoms with Crippen molar-refractivity contribution < 1.29 is 0 Å². The molecule has 0 heteroatoms. The second kappa shape index (κ2) is 7.56. The van der Waals surface area contributed by atoms with Crippen LogP contribution in [0.5, 0.6) is 0 Å². The molecule has 0 saturated carbocycles. The van der Waals surface area contributed by atoms with Gasteiger partial charge in [0.2, 0.25) is 0 Å². The summed E-state index contributed by atoms with van der Waals surface area (Å²) in [5.41, 5.74) is 2.98. The lowest BCUT2D eigenvalue weighted by atomic mass is 9.68. The van der Waals surface area contributed by atoms with Crippen molar-refractivity contribution in [3.63, 3.8) is 0 Å². The van der Waals surface area contributed by atoms with Gasteiger partial charge in [-0.05, 0) is 45.5 Å². The Hall–Kier alpha value is -2.60. The molecule has 0 amide bonds. The van der Waals surface area contributed by atoms with Crippen LogP contribution in [0.15, 0.2) is 84.9 Å². The smallest absolute Gasteiger partial charge is 0.0200 e. The topological polar surface area (TPSA) is 0 Å². The summed E-state index contributed by atoms with van der Waals surface area (Å²) < 4.78 is 0. The van der Waals surface area contributed by atoms with Gasteiger partial charge in [0.1, 0.15) is 0 Å². The Labute approximate surface area is 162 Å². The molecule has 0 spiro atoms. The van der Waals surface area contributed by atoms with Crippen molar-refractivity contribution >= 4 is 21.5 Å². The summed E-state index contributed by atoms with van der Waals surface area (Å²) in [6.45, 7) is 4.64. The van der Waals surface area contributed by atoms with Crippen molar-refractivity contribution in [3.05, 3.63) is 96.1 Å². The normalized spacial score (nSPS) is 11.9. The number of unbranched alkanes of at least 4 members (excludes halogenated alkanes) is 1. The van der Waals surface area contributed by atoms with E-state index in [9.17, 15) is 0 Å². The van der Waals surface area contributed by atoms with E-state index in [1.807, 2.05) is 0 Å². The van der Waals surface area contributed by atoms with E-state index in [0.29, 0.717) is 0 Å². The monoisotopic (exact) mass is 352 g/mol. The summed E-state index contributed by atoms with van der Waals surface area (Å²) in [6.07, 6.45) is 4.77. The van der Waals surface area contributed by atoms with Crippen LogP contribution in [0, 0.1) is 0 Å². The molecule has 4 rings (SSSR count). The predicted octanol–water partition coefficient (Wildman–Crippen LogP) is 7.88. The van der Waals surface area contributed by atoms with Crippen LogP contribution in [0.4, 0.5) is 0 Å². The summed E-state index contributed by atoms with van der Waals surface area (Å²) in [6, 6.07) is 31.5. The van der Waals surface area contributed by atoms with Crippen molar-refractivity contribution in [3.8, 4) is 0 Å². The van der Waals surface area contributed by atoms with Gasteiger partial charge in [-0.2, -0.15) is 0 Å². The standard InChI is InChI=1S/C27H28/c1-3-5-18-27(4-2,25-16-14-21-10-6-8-12-23(21)19-25)26-17-15-22-11-7-9-13-24(22)20-26/h6-17,19-20H,3-5,18H2,1-2H3. The molecule has 4 aromatic rings. The second-order valence-corrected chi connectivity index (χ2v) is 7.66. The van der Waals surface area contributed by atoms with Crippen LogP contribution in [0.3, 0.4) is 0 Å². The Kier molecular flexibility index (Phi) is 4.99. The number of hydrogen-bond acceptors (Lipinski definition) is 0. The molecular weight excluding hydrogens is 324 g/mol. The van der Waals surface area contributed by atoms with Crippen molar-refractivity contribution in [2.45, 2.75) is 44.9 Å². The van der Waals surface area contributed by atoms with Gasteiger partial charge in [-0.15, -0.1) is 0 Å². The van der Waals surface area contributed by atoms with Crippen molar-refractivity contribution in [1.29, 1.82) is 0 Å². The molecule has 0 saturated heterocycles. The third-order valence-electron chi connectivity index (χ3n) is 6.16. The molecule has 0 N–H and O–H groups in total. The molecule has 0 bridgehead atoms. The Morgan fingerprint density at radius 2 is 1.07 bits per heavy atom. The molecule has 136 valence electrons. The van der Waals surface area contributed by atoms with E-state index in [1.165, 1.54) is 51.9 Å². The van der Waals surface area contributed by atoms with E-state index in [-0.39, 0.29) is 5.41 Å². The number of hydrogen-bond donors (Lipinski definition) is 0. The zero-order valence-corrected chi connectivity index (χ0v) is 16.4. The Morgan fingerprint density at radius 1 is 0.593 bits per heavy atom. The lowest BCUT2D eigenvalue weighted by Crippen LogP contribution is -2.27. The van der Waals surface area contributed by atoms with Gasteiger partial charge in [-0.3, -0.25) is 0 Å². The lowest BCUT2D eigenvalue weighted by Gasteiger charge is -2.35. The highest BCUT2D eigenvalue weighted by atomic mass is 14.3. The first kappa shape index (κ1) is 17.8. The van der Waals surface area contributed by atoms with Gasteiger partial charge in [0.05, 0.1) is 0 Å². The van der Waals surface area contributed by atoms with Crippen molar-refractivity contribution in [2.75, 3.05) is 0 Å². The zero-order valence-electron chi connectivity index (χ0n) is 16.4. The van der Waals surface area contributed by atoms with Gasteiger partial charge >= 0.3 is 0 Å². The predicted molar refractivity (Wildman–Crippen MR) is 118 cm³/mol. The minimum Gasteiger partial charge on any atom is -0.0654 e. The molecule has 0 aliphatic carbocycles. The van der Waals surface area contributed by atoms with Crippen LogP contribution >= 0.6 is 0 Å². The number of benzene rings is 4. The molecule has 0 fully saturated rings. The maximum atomic E-state index is 2.42. The fourth-order valence-corrected chi connectivity index (χ4v) is 4.49. The van der Waals surface area contributed by atoms with Crippen LogP contribution < -0.4 is 0 Å². The van der Waals surface area contributed by atoms with Gasteiger partial charge in [-0.1, -0.05) is 112 Å². The average Bonchev–Trinajstić information content (AvgIpc) is 2.74. The summed E-state index contributed by atoms with van der Waals surface area (Å²) in [7, 11) is 0. The Bertz CT molecular complexity index is 978. The van der Waals surface area contributed by atoms with E-state index in [0.717, 1.165) is 6.42 Å². The zero-order chi connectivity index (χ0) is 18.7. The van der Waals surface area contributed by atoms with Crippen molar-refractivity contribution in [1.82, 2.24) is 0 Å². The molecular formula is C27H28. The lowest BCUT2D eigenvalue weighted by molar-refractivity contribution is 0.438. The van der Waals surface area contributed by atoms with E-state index in [1.54, 1.807) is 0 Å². The first-order valence-electron chi connectivity index (χ1n) is 10.3. The summed E-state index contributed by atoms with van der Waals surface area (Å²) in [4.78, 5) is 0. The fraction of sp³-hybridized carbons (Fsp3) is 0.259. The molecule has 0 unspecified atom stereocenters. The maximum Gasteiger partial charge on any atom is 0.0200 e. The largest absolute Gasteiger partial charge is 0.0654 e. The van der Waals surface area contributed by atoms with E-state index in [4.69, 9.17) is 0 Å². The third kappa shape index (κ3) is 3.25. The molecule has 0 aliphatic rings. The Balaban J connectivity index is 1.91. The molecule has 0 aromatic heterocycles. The van der Waals surface area contributed by atoms with Gasteiger partial charge in [0.25, 0.3) is 0 Å². The highest BCUT2D eigenvalue weighted by molar-refractivity contribution is 5.85. The summed E-state index contributed by atoms with van der Waals surface area (Å²) >= 11 is 0. The molecule has 27 heavy (non-hydrogen) atoms. The van der Waals surface area contributed by atoms with Crippen LogP contribution in [0.25, 0.3) is 21.5 Å². The van der Waals surface area contributed by atoms with Gasteiger partial charge in [-0.25, -0.2) is 0 Å². The van der Waals surface area contributed by atoms with Crippen LogP contribution in [-0.2, 0) is 5.41 Å². The Morgan fingerprint density at radius 3 is 1.52 bits per heavy atom. The molecule has 0 atom stereocenters. The second-order valence-electron chi connectivity index (χ2n) is 7.66. The average molecular weight is 353 g/mol. The van der Waals surface area contributed by atoms with E-state index >= 15 is 0 Å². The minimum absolute atomic E-state index is 0.0735. The number of rotatable bonds is 6. The van der Waals surface area contributed by atoms with Crippen molar-refractivity contribution in [2.24, 2.45) is 0 Å². The van der Waals surface area contributed by atoms with Gasteiger partial charge < -0.3 is 0 Å². The van der Waals surface area contributed by atoms with Crippen LogP contribution in [-0.4, -0.2) is 0 Å². The first-order chi connectivity index (χ1) is 13.3. The van der Waals surface area contributed by atoms with E-state index in [2.05, 4.69) is 98.8 Å². The highest BCUT2D eigenvalue weighted by Gasteiger charge is 2.32. The van der Waals surface area contributed by atoms with Crippen LogP contribution in [0.2, 0.25) is 0 Å². The maximum absolute atomic E-state index is 2.42. The molecule has 0 nitrogen and oxygen atoms in total. The van der Waals surface area contributed by atoms with Gasteiger partial charge in [0.15, 0.2) is 0 Å². The quantitative estimate of drug-likeness (QED) is 0.331. The molecule has 0 heterocycles. The summed E-state index contributed by atoms with van der Waals surface area (Å²) in [5.74, 6) is 0. The first-order valence-corrected chi connectivity index (χ1v) is 10.3. The fourth-order valence-electron chi connectivity index (χ4n) is 4.49.